The molecule has 1 aliphatic heterocycles. The number of hydrogen-bond acceptors (Lipinski definition) is 9. The van der Waals surface area contributed by atoms with Crippen LogP contribution >= 0.6 is 0 Å². The first-order chi connectivity index (χ1) is 17.0. The number of nitrogens with one attached hydrogen (secondary N) is 1. The quantitative estimate of drug-likeness (QED) is 0.427. The number of aromatic amines is 1. The minimum atomic E-state index is 0.0827. The zero-order valence-corrected chi connectivity index (χ0v) is 19.6. The summed E-state index contributed by atoms with van der Waals surface area (Å²) in [6.07, 6.45) is 0. The molecule has 0 radical (unpaired) electrons. The molecule has 0 spiro atoms. The molecule has 0 atom stereocenters. The highest BCUT2D eigenvalue weighted by molar-refractivity contribution is 5.99. The van der Waals surface area contributed by atoms with Gasteiger partial charge in [0.2, 0.25) is 0 Å². The largest absolute Gasteiger partial charge is 0.494 e. The zero-order chi connectivity index (χ0) is 24.4. The Kier molecular flexibility index (Phi) is 5.89. The summed E-state index contributed by atoms with van der Waals surface area (Å²) in [4.78, 5) is 23.1. The van der Waals surface area contributed by atoms with Crippen LogP contribution in [0.4, 0.5) is 0 Å². The van der Waals surface area contributed by atoms with Gasteiger partial charge in [-0.3, -0.25) is 4.99 Å². The van der Waals surface area contributed by atoms with E-state index in [4.69, 9.17) is 14.2 Å². The smallest absolute Gasteiger partial charge is 0.327 e. The first kappa shape index (κ1) is 22.2. The van der Waals surface area contributed by atoms with E-state index >= 15 is 0 Å². The van der Waals surface area contributed by atoms with Crippen molar-refractivity contribution in [2.24, 2.45) is 4.99 Å². The average Bonchev–Trinajstić information content (AvgIpc) is 3.44. The first-order valence-corrected chi connectivity index (χ1v) is 11.2. The molecule has 1 aliphatic rings. The standard InChI is InChI=1S/C25H23N7O3/c1-4-33-19-10-16(14-26)11-20(13-19)34-24-21-22(29-15(2)28-21)30-25(31-24)35-18-7-5-6-17(12-18)23-27-8-9-32(23)3/h5-7,10-13H,4,8-9H2,1-3H3,(H,28,29,30,31). The van der Waals surface area contributed by atoms with Crippen molar-refractivity contribution in [2.45, 2.75) is 13.8 Å². The number of amidine groups is 1. The Hall–Kier alpha value is -4.65. The molecule has 0 fully saturated rings. The maximum Gasteiger partial charge on any atom is 0.327 e. The third kappa shape index (κ3) is 4.70. The van der Waals surface area contributed by atoms with Gasteiger partial charge in [0.15, 0.2) is 5.65 Å². The number of nitriles is 1. The third-order valence-corrected chi connectivity index (χ3v) is 5.31. The fourth-order valence-corrected chi connectivity index (χ4v) is 3.79. The molecule has 10 heteroatoms. The Morgan fingerprint density at radius 2 is 1.91 bits per heavy atom. The minimum absolute atomic E-state index is 0.0827. The molecule has 0 aliphatic carbocycles. The summed E-state index contributed by atoms with van der Waals surface area (Å²) in [6.45, 7) is 5.81. The number of rotatable bonds is 7. The van der Waals surface area contributed by atoms with Crippen molar-refractivity contribution in [3.05, 3.63) is 59.4 Å². The summed E-state index contributed by atoms with van der Waals surface area (Å²) in [5, 5.41) is 9.39. The van der Waals surface area contributed by atoms with Crippen molar-refractivity contribution in [2.75, 3.05) is 26.7 Å². The Labute approximate surface area is 201 Å². The van der Waals surface area contributed by atoms with E-state index < -0.39 is 0 Å². The summed E-state index contributed by atoms with van der Waals surface area (Å²) in [7, 11) is 2.01. The minimum Gasteiger partial charge on any atom is -0.494 e. The molecule has 3 heterocycles. The summed E-state index contributed by atoms with van der Waals surface area (Å²) in [6, 6.07) is 14.8. The van der Waals surface area contributed by atoms with E-state index in [-0.39, 0.29) is 11.9 Å². The van der Waals surface area contributed by atoms with Crippen LogP contribution in [0.3, 0.4) is 0 Å². The van der Waals surface area contributed by atoms with Crippen molar-refractivity contribution in [1.29, 1.82) is 5.26 Å². The van der Waals surface area contributed by atoms with Gasteiger partial charge in [-0.2, -0.15) is 15.2 Å². The van der Waals surface area contributed by atoms with Gasteiger partial charge in [-0.25, -0.2) is 4.98 Å². The molecule has 35 heavy (non-hydrogen) atoms. The molecular weight excluding hydrogens is 446 g/mol. The number of aryl methyl sites for hydroxylation is 1. The Morgan fingerprint density at radius 3 is 2.69 bits per heavy atom. The molecule has 0 bridgehead atoms. The number of hydrogen-bond donors (Lipinski definition) is 1. The summed E-state index contributed by atoms with van der Waals surface area (Å²) in [5.41, 5.74) is 2.28. The van der Waals surface area contributed by atoms with Crippen LogP contribution in [0.25, 0.3) is 11.2 Å². The Bertz CT molecular complexity index is 1470. The fraction of sp³-hybridized carbons (Fsp3) is 0.240. The van der Waals surface area contributed by atoms with Crippen molar-refractivity contribution in [3.8, 4) is 35.2 Å². The number of H-pyrrole nitrogens is 1. The number of imidazole rings is 1. The zero-order valence-electron chi connectivity index (χ0n) is 19.6. The maximum absolute atomic E-state index is 9.39. The van der Waals surface area contributed by atoms with E-state index in [1.165, 1.54) is 0 Å². The van der Waals surface area contributed by atoms with Gasteiger partial charge in [0.1, 0.15) is 34.4 Å². The van der Waals surface area contributed by atoms with Crippen molar-refractivity contribution in [1.82, 2.24) is 24.8 Å². The van der Waals surface area contributed by atoms with Gasteiger partial charge in [0.05, 0.1) is 24.8 Å². The molecule has 0 unspecified atom stereocenters. The highest BCUT2D eigenvalue weighted by Crippen LogP contribution is 2.32. The van der Waals surface area contributed by atoms with E-state index in [0.29, 0.717) is 46.4 Å². The number of ether oxygens (including phenoxy) is 3. The van der Waals surface area contributed by atoms with Crippen LogP contribution in [-0.2, 0) is 0 Å². The van der Waals surface area contributed by atoms with E-state index in [1.54, 1.807) is 18.2 Å². The molecule has 0 saturated heterocycles. The molecule has 0 amide bonds. The van der Waals surface area contributed by atoms with Gasteiger partial charge in [0.25, 0.3) is 5.88 Å². The Morgan fingerprint density at radius 1 is 1.06 bits per heavy atom. The maximum atomic E-state index is 9.39. The number of aliphatic imine (C=N–C) groups is 1. The molecular formula is C25H23N7O3. The lowest BCUT2D eigenvalue weighted by atomic mass is 10.2. The molecule has 0 saturated carbocycles. The molecule has 2 aromatic carbocycles. The average molecular weight is 470 g/mol. The molecule has 5 rings (SSSR count). The summed E-state index contributed by atoms with van der Waals surface area (Å²) in [5.74, 6) is 3.28. The molecule has 2 aromatic heterocycles. The van der Waals surface area contributed by atoms with Crippen molar-refractivity contribution >= 4 is 17.0 Å². The lowest BCUT2D eigenvalue weighted by molar-refractivity contribution is 0.337. The van der Waals surface area contributed by atoms with Crippen LogP contribution in [0.1, 0.15) is 23.9 Å². The second-order valence-electron chi connectivity index (χ2n) is 7.93. The Balaban J connectivity index is 1.49. The number of nitrogens with zero attached hydrogens (tertiary/aromatic N) is 6. The summed E-state index contributed by atoms with van der Waals surface area (Å²) < 4.78 is 17.6. The normalized spacial score (nSPS) is 13.0. The van der Waals surface area contributed by atoms with Crippen LogP contribution in [0.2, 0.25) is 0 Å². The van der Waals surface area contributed by atoms with E-state index in [2.05, 4.69) is 35.9 Å². The van der Waals surface area contributed by atoms with Crippen molar-refractivity contribution in [3.63, 3.8) is 0 Å². The van der Waals surface area contributed by atoms with E-state index in [9.17, 15) is 5.26 Å². The lowest BCUT2D eigenvalue weighted by Crippen LogP contribution is -2.23. The summed E-state index contributed by atoms with van der Waals surface area (Å²) >= 11 is 0. The monoisotopic (exact) mass is 469 g/mol. The number of benzene rings is 2. The van der Waals surface area contributed by atoms with Crippen LogP contribution < -0.4 is 14.2 Å². The number of fused-ring (bicyclic) bond motifs is 1. The van der Waals surface area contributed by atoms with Gasteiger partial charge in [-0.05, 0) is 38.1 Å². The molecule has 4 aromatic rings. The fourth-order valence-electron chi connectivity index (χ4n) is 3.79. The van der Waals surface area contributed by atoms with E-state index in [1.807, 2.05) is 45.2 Å². The first-order valence-electron chi connectivity index (χ1n) is 11.2. The van der Waals surface area contributed by atoms with Crippen LogP contribution in [-0.4, -0.2) is 57.4 Å². The molecule has 1 N–H and O–H groups in total. The van der Waals surface area contributed by atoms with Crippen LogP contribution in [0.5, 0.6) is 29.1 Å². The van der Waals surface area contributed by atoms with Gasteiger partial charge in [-0.1, -0.05) is 12.1 Å². The molecule has 176 valence electrons. The highest BCUT2D eigenvalue weighted by Gasteiger charge is 2.18. The second-order valence-corrected chi connectivity index (χ2v) is 7.93. The SMILES string of the molecule is CCOc1cc(C#N)cc(Oc2nc(Oc3cccc(C4=NCCN4C)c3)nc3nc(C)[nH]c23)c1. The highest BCUT2D eigenvalue weighted by atomic mass is 16.5. The molecule has 10 nitrogen and oxygen atoms in total. The van der Waals surface area contributed by atoms with Crippen LogP contribution in [0, 0.1) is 18.3 Å². The van der Waals surface area contributed by atoms with Gasteiger partial charge in [-0.15, -0.1) is 0 Å². The van der Waals surface area contributed by atoms with E-state index in [0.717, 1.165) is 24.5 Å². The van der Waals surface area contributed by atoms with Gasteiger partial charge < -0.3 is 24.1 Å². The van der Waals surface area contributed by atoms with Crippen LogP contribution in [0.15, 0.2) is 47.5 Å². The number of likely N-dealkylation sites (N-methyl/N-ethyl adjacent to an activating group) is 1. The predicted octanol–water partition coefficient (Wildman–Crippen LogP) is 4.21. The second kappa shape index (κ2) is 9.30. The predicted molar refractivity (Wildman–Crippen MR) is 129 cm³/mol. The number of aromatic nitrogens is 4. The van der Waals surface area contributed by atoms with Gasteiger partial charge >= 0.3 is 6.01 Å². The lowest BCUT2D eigenvalue weighted by Gasteiger charge is -2.14. The van der Waals surface area contributed by atoms with Crippen molar-refractivity contribution < 1.29 is 14.2 Å². The third-order valence-electron chi connectivity index (χ3n) is 5.31. The topological polar surface area (TPSA) is 122 Å². The van der Waals surface area contributed by atoms with Gasteiger partial charge in [0, 0.05) is 25.2 Å².